The molecule has 1 atom stereocenters. The number of hydrogen-bond acceptors (Lipinski definition) is 5. The molecule has 0 aromatic carbocycles. The van der Waals surface area contributed by atoms with Crippen LogP contribution in [0.2, 0.25) is 0 Å². The van der Waals surface area contributed by atoms with E-state index in [-0.39, 0.29) is 17.9 Å². The zero-order valence-electron chi connectivity index (χ0n) is 13.7. The van der Waals surface area contributed by atoms with Crippen LogP contribution in [0.15, 0.2) is 0 Å². The fourth-order valence-electron chi connectivity index (χ4n) is 3.45. The minimum absolute atomic E-state index is 0.0235. The maximum Gasteiger partial charge on any atom is 0.331 e. The van der Waals surface area contributed by atoms with E-state index in [4.69, 9.17) is 9.47 Å². The molecule has 2 fully saturated rings. The average Bonchev–Trinajstić information content (AvgIpc) is 2.55. The third-order valence-corrected chi connectivity index (χ3v) is 4.92. The van der Waals surface area contributed by atoms with Crippen LogP contribution in [0, 0.1) is 5.92 Å². The van der Waals surface area contributed by atoms with E-state index in [9.17, 15) is 9.59 Å². The van der Waals surface area contributed by atoms with Crippen molar-refractivity contribution < 1.29 is 19.1 Å². The summed E-state index contributed by atoms with van der Waals surface area (Å²) in [4.78, 5) is 24.6. The van der Waals surface area contributed by atoms with E-state index in [1.807, 2.05) is 0 Å². The largest absolute Gasteiger partial charge is 0.467 e. The van der Waals surface area contributed by atoms with Gasteiger partial charge in [0.1, 0.15) is 5.54 Å². The van der Waals surface area contributed by atoms with Crippen molar-refractivity contribution in [3.05, 3.63) is 0 Å². The van der Waals surface area contributed by atoms with Crippen LogP contribution in [-0.2, 0) is 19.1 Å². The van der Waals surface area contributed by atoms with Gasteiger partial charge in [0, 0.05) is 19.0 Å². The normalized spacial score (nSPS) is 32.3. The fourth-order valence-corrected chi connectivity index (χ4v) is 3.45. The summed E-state index contributed by atoms with van der Waals surface area (Å²) in [6, 6.07) is 0.0235. The van der Waals surface area contributed by atoms with E-state index in [0.29, 0.717) is 38.4 Å². The number of nitrogens with one attached hydrogen (secondary N) is 2. The van der Waals surface area contributed by atoms with Gasteiger partial charge in [0.25, 0.3) is 0 Å². The highest BCUT2D eigenvalue weighted by atomic mass is 16.5. The maximum absolute atomic E-state index is 12.3. The number of carbonyl (C=O) groups is 2. The lowest BCUT2D eigenvalue weighted by atomic mass is 9.75. The molecule has 0 spiro atoms. The Hall–Kier alpha value is -1.14. The van der Waals surface area contributed by atoms with E-state index in [1.54, 1.807) is 0 Å². The molecule has 0 bridgehead atoms. The Balaban J connectivity index is 1.94. The SMILES string of the molecule is CCC1CCC(NC(=O)CC2COCCN2)(C(=O)OC)CC1. The van der Waals surface area contributed by atoms with Crippen LogP contribution in [0.3, 0.4) is 0 Å². The van der Waals surface area contributed by atoms with Gasteiger partial charge in [-0.05, 0) is 31.6 Å². The predicted molar refractivity (Wildman–Crippen MR) is 82.4 cm³/mol. The van der Waals surface area contributed by atoms with Crippen LogP contribution in [0.25, 0.3) is 0 Å². The summed E-state index contributed by atoms with van der Waals surface area (Å²) in [6.07, 6.45) is 4.69. The first-order valence-electron chi connectivity index (χ1n) is 8.30. The van der Waals surface area contributed by atoms with Crippen molar-refractivity contribution >= 4 is 11.9 Å². The Bertz CT molecular complexity index is 386. The van der Waals surface area contributed by atoms with Crippen LogP contribution < -0.4 is 10.6 Å². The first kappa shape index (κ1) is 17.2. The highest BCUT2D eigenvalue weighted by Gasteiger charge is 2.43. The number of morpholine rings is 1. The summed E-state index contributed by atoms with van der Waals surface area (Å²) < 4.78 is 10.3. The number of carbonyl (C=O) groups excluding carboxylic acids is 2. The maximum atomic E-state index is 12.3. The van der Waals surface area contributed by atoms with Crippen LogP contribution in [0.4, 0.5) is 0 Å². The molecule has 1 amide bonds. The van der Waals surface area contributed by atoms with Gasteiger partial charge in [-0.3, -0.25) is 4.79 Å². The molecule has 6 heteroatoms. The number of rotatable bonds is 5. The van der Waals surface area contributed by atoms with E-state index in [2.05, 4.69) is 17.6 Å². The molecule has 0 radical (unpaired) electrons. The lowest BCUT2D eigenvalue weighted by Crippen LogP contribution is -2.58. The summed E-state index contributed by atoms with van der Waals surface area (Å²) in [7, 11) is 1.39. The van der Waals surface area contributed by atoms with Gasteiger partial charge in [-0.2, -0.15) is 0 Å². The molecule has 1 saturated heterocycles. The Morgan fingerprint density at radius 2 is 2.09 bits per heavy atom. The van der Waals surface area contributed by atoms with E-state index < -0.39 is 5.54 Å². The summed E-state index contributed by atoms with van der Waals surface area (Å²) in [6.45, 7) is 4.15. The number of amides is 1. The Kier molecular flexibility index (Phi) is 6.20. The summed E-state index contributed by atoms with van der Waals surface area (Å²) >= 11 is 0. The third-order valence-electron chi connectivity index (χ3n) is 4.92. The highest BCUT2D eigenvalue weighted by Crippen LogP contribution is 2.34. The number of hydrogen-bond donors (Lipinski definition) is 2. The standard InChI is InChI=1S/C16H28N2O4/c1-3-12-4-6-16(7-5-12,15(20)21-2)18-14(19)10-13-11-22-9-8-17-13/h12-13,17H,3-11H2,1-2H3,(H,18,19). The molecule has 126 valence electrons. The predicted octanol–water partition coefficient (Wildman–Crippen LogP) is 0.993. The third kappa shape index (κ3) is 4.20. The molecular formula is C16H28N2O4. The van der Waals surface area contributed by atoms with Crippen LogP contribution in [0.1, 0.15) is 45.4 Å². The van der Waals surface area contributed by atoms with Crippen molar-refractivity contribution in [1.29, 1.82) is 0 Å². The monoisotopic (exact) mass is 312 g/mol. The van der Waals surface area contributed by atoms with Crippen molar-refractivity contribution in [2.24, 2.45) is 5.92 Å². The second kappa shape index (κ2) is 7.92. The Morgan fingerprint density at radius 3 is 2.64 bits per heavy atom. The van der Waals surface area contributed by atoms with Crippen molar-refractivity contribution in [2.45, 2.75) is 57.0 Å². The molecule has 2 rings (SSSR count). The Labute approximate surface area is 132 Å². The zero-order chi connectivity index (χ0) is 16.0. The molecule has 1 heterocycles. The van der Waals surface area contributed by atoms with E-state index >= 15 is 0 Å². The smallest absolute Gasteiger partial charge is 0.331 e. The summed E-state index contributed by atoms with van der Waals surface area (Å²) in [5.41, 5.74) is -0.840. The second-order valence-corrected chi connectivity index (χ2v) is 6.40. The fraction of sp³-hybridized carbons (Fsp3) is 0.875. The van der Waals surface area contributed by atoms with Gasteiger partial charge in [-0.25, -0.2) is 4.79 Å². The van der Waals surface area contributed by atoms with Gasteiger partial charge in [-0.1, -0.05) is 13.3 Å². The second-order valence-electron chi connectivity index (χ2n) is 6.40. The van der Waals surface area contributed by atoms with Crippen molar-refractivity contribution in [1.82, 2.24) is 10.6 Å². The summed E-state index contributed by atoms with van der Waals surface area (Å²) in [5, 5.41) is 6.22. The molecule has 6 nitrogen and oxygen atoms in total. The van der Waals surface area contributed by atoms with Crippen LogP contribution in [0.5, 0.6) is 0 Å². The number of esters is 1. The molecule has 0 aromatic heterocycles. The lowest BCUT2D eigenvalue weighted by Gasteiger charge is -2.38. The highest BCUT2D eigenvalue weighted by molar-refractivity contribution is 5.88. The van der Waals surface area contributed by atoms with Crippen LogP contribution in [-0.4, -0.2) is 50.3 Å². The quantitative estimate of drug-likeness (QED) is 0.741. The molecule has 22 heavy (non-hydrogen) atoms. The molecule has 1 unspecified atom stereocenters. The topological polar surface area (TPSA) is 76.7 Å². The molecule has 1 saturated carbocycles. The first-order valence-corrected chi connectivity index (χ1v) is 8.30. The van der Waals surface area contributed by atoms with Gasteiger partial charge in [0.2, 0.25) is 5.91 Å². The molecule has 1 aliphatic carbocycles. The molecule has 2 aliphatic rings. The van der Waals surface area contributed by atoms with Gasteiger partial charge >= 0.3 is 5.97 Å². The number of methoxy groups -OCH3 is 1. The zero-order valence-corrected chi connectivity index (χ0v) is 13.7. The van der Waals surface area contributed by atoms with Crippen LogP contribution >= 0.6 is 0 Å². The van der Waals surface area contributed by atoms with Crippen molar-refractivity contribution in [2.75, 3.05) is 26.9 Å². The number of ether oxygens (including phenoxy) is 2. The lowest BCUT2D eigenvalue weighted by molar-refractivity contribution is -0.153. The minimum Gasteiger partial charge on any atom is -0.467 e. The first-order chi connectivity index (χ1) is 10.6. The molecule has 0 aromatic rings. The Morgan fingerprint density at radius 1 is 1.36 bits per heavy atom. The minimum atomic E-state index is -0.840. The summed E-state index contributed by atoms with van der Waals surface area (Å²) in [5.74, 6) is 0.217. The van der Waals surface area contributed by atoms with Gasteiger partial charge < -0.3 is 20.1 Å². The van der Waals surface area contributed by atoms with Gasteiger partial charge in [0.05, 0.1) is 20.3 Å². The molecule has 2 N–H and O–H groups in total. The van der Waals surface area contributed by atoms with E-state index in [0.717, 1.165) is 25.8 Å². The van der Waals surface area contributed by atoms with Crippen molar-refractivity contribution in [3.63, 3.8) is 0 Å². The van der Waals surface area contributed by atoms with Gasteiger partial charge in [0.15, 0.2) is 0 Å². The van der Waals surface area contributed by atoms with E-state index in [1.165, 1.54) is 7.11 Å². The van der Waals surface area contributed by atoms with Gasteiger partial charge in [-0.15, -0.1) is 0 Å². The van der Waals surface area contributed by atoms with Crippen molar-refractivity contribution in [3.8, 4) is 0 Å². The molecular weight excluding hydrogens is 284 g/mol. The average molecular weight is 312 g/mol. The molecule has 1 aliphatic heterocycles.